The Morgan fingerprint density at radius 1 is 0.405 bits per heavy atom. The summed E-state index contributed by atoms with van der Waals surface area (Å²) in [5.74, 6) is -0.575. The van der Waals surface area contributed by atoms with Gasteiger partial charge in [-0.25, -0.2) is 8.78 Å². The maximum Gasteiger partial charge on any atom is 0.125 e. The van der Waals surface area contributed by atoms with E-state index in [9.17, 15) is 8.78 Å². The highest BCUT2D eigenvalue weighted by Crippen LogP contribution is 2.38. The molecule has 0 fully saturated rings. The monoisotopic (exact) mass is 550 g/mol. The third-order valence-electron chi connectivity index (χ3n) is 7.12. The van der Waals surface area contributed by atoms with Crippen LogP contribution >= 0.6 is 0 Å². The van der Waals surface area contributed by atoms with Crippen LogP contribution in [0.4, 0.5) is 42.9 Å². The van der Waals surface area contributed by atoms with E-state index in [-0.39, 0.29) is 11.6 Å². The van der Waals surface area contributed by atoms with Gasteiger partial charge in [0.25, 0.3) is 0 Å². The van der Waals surface area contributed by atoms with Crippen LogP contribution in [-0.4, -0.2) is 0 Å². The van der Waals surface area contributed by atoms with Crippen molar-refractivity contribution in [3.05, 3.63) is 175 Å². The van der Waals surface area contributed by atoms with Crippen molar-refractivity contribution in [1.29, 1.82) is 0 Å². The van der Waals surface area contributed by atoms with Crippen LogP contribution in [0.2, 0.25) is 0 Å². The summed E-state index contributed by atoms with van der Waals surface area (Å²) in [6.45, 7) is 3.84. The molecule has 0 radical (unpaired) electrons. The fraction of sp³-hybridized carbons (Fsp3) is 0. The summed E-state index contributed by atoms with van der Waals surface area (Å²) < 4.78 is 28.4. The summed E-state index contributed by atoms with van der Waals surface area (Å²) >= 11 is 0. The number of rotatable bonds is 8. The van der Waals surface area contributed by atoms with E-state index in [4.69, 9.17) is 0 Å². The van der Waals surface area contributed by atoms with Gasteiger partial charge in [-0.3, -0.25) is 0 Å². The molecule has 0 aliphatic heterocycles. The molecule has 2 nitrogen and oxygen atoms in total. The summed E-state index contributed by atoms with van der Waals surface area (Å²) in [6.07, 6.45) is 1.80. The lowest BCUT2D eigenvalue weighted by Gasteiger charge is -2.26. The van der Waals surface area contributed by atoms with Crippen molar-refractivity contribution in [2.24, 2.45) is 0 Å². The van der Waals surface area contributed by atoms with Crippen molar-refractivity contribution in [2.45, 2.75) is 0 Å². The highest BCUT2D eigenvalue weighted by Gasteiger charge is 2.15. The first-order chi connectivity index (χ1) is 20.6. The van der Waals surface area contributed by atoms with E-state index in [0.717, 1.165) is 50.8 Å². The van der Waals surface area contributed by atoms with E-state index in [2.05, 4.69) is 30.8 Å². The number of benzene rings is 6. The SMILES string of the molecule is C=Cc1ccc(N(c2ccc(-c3ccc(N(c4ccccc4)c4cccc(F)c4)cc3)cc2)c2cccc(F)c2)cc1. The number of hydrogen-bond donors (Lipinski definition) is 0. The predicted molar refractivity (Wildman–Crippen MR) is 171 cm³/mol. The molecular weight excluding hydrogens is 522 g/mol. The van der Waals surface area contributed by atoms with Crippen LogP contribution in [0.15, 0.2) is 158 Å². The van der Waals surface area contributed by atoms with E-state index in [0.29, 0.717) is 0 Å². The number of anilines is 6. The lowest BCUT2D eigenvalue weighted by molar-refractivity contribution is 0.627. The van der Waals surface area contributed by atoms with Gasteiger partial charge in [0.1, 0.15) is 11.6 Å². The van der Waals surface area contributed by atoms with Gasteiger partial charge in [0.15, 0.2) is 0 Å². The molecule has 0 saturated heterocycles. The molecule has 0 spiro atoms. The Hall–Kier alpha value is -5.48. The zero-order chi connectivity index (χ0) is 28.9. The molecular formula is C38H28F2N2. The van der Waals surface area contributed by atoms with Crippen LogP contribution in [0.5, 0.6) is 0 Å². The molecule has 0 bridgehead atoms. The molecule has 6 aromatic rings. The summed E-state index contributed by atoms with van der Waals surface area (Å²) in [5, 5.41) is 0. The first kappa shape index (κ1) is 26.7. The number of halogens is 2. The van der Waals surface area contributed by atoms with Crippen LogP contribution in [0.1, 0.15) is 5.56 Å². The van der Waals surface area contributed by atoms with Crippen molar-refractivity contribution in [3.8, 4) is 11.1 Å². The van der Waals surface area contributed by atoms with Crippen LogP contribution in [0.25, 0.3) is 17.2 Å². The van der Waals surface area contributed by atoms with E-state index < -0.39 is 0 Å². The first-order valence-electron chi connectivity index (χ1n) is 13.7. The molecule has 204 valence electrons. The van der Waals surface area contributed by atoms with E-state index in [1.165, 1.54) is 24.3 Å². The van der Waals surface area contributed by atoms with Gasteiger partial charge < -0.3 is 9.80 Å². The molecule has 0 unspecified atom stereocenters. The minimum absolute atomic E-state index is 0.283. The maximum absolute atomic E-state index is 14.2. The van der Waals surface area contributed by atoms with Crippen LogP contribution in [0, 0.1) is 11.6 Å². The molecule has 0 aromatic heterocycles. The summed E-state index contributed by atoms with van der Waals surface area (Å²) in [5.41, 5.74) is 8.28. The van der Waals surface area contributed by atoms with E-state index in [1.807, 2.05) is 101 Å². The van der Waals surface area contributed by atoms with E-state index >= 15 is 0 Å². The van der Waals surface area contributed by atoms with Gasteiger partial charge in [0.2, 0.25) is 0 Å². The Bertz CT molecular complexity index is 1800. The Morgan fingerprint density at radius 3 is 1.19 bits per heavy atom. The third kappa shape index (κ3) is 5.70. The molecule has 4 heteroatoms. The highest BCUT2D eigenvalue weighted by molar-refractivity contribution is 5.81. The lowest BCUT2D eigenvalue weighted by atomic mass is 10.0. The van der Waals surface area contributed by atoms with E-state index in [1.54, 1.807) is 18.2 Å². The molecule has 0 atom stereocenters. The van der Waals surface area contributed by atoms with Crippen LogP contribution in [-0.2, 0) is 0 Å². The summed E-state index contributed by atoms with van der Waals surface area (Å²) in [6, 6.07) is 47.5. The minimum atomic E-state index is -0.292. The zero-order valence-corrected chi connectivity index (χ0v) is 22.9. The van der Waals surface area contributed by atoms with Crippen LogP contribution in [0.3, 0.4) is 0 Å². The number of nitrogens with zero attached hydrogens (tertiary/aromatic N) is 2. The number of para-hydroxylation sites is 1. The Kier molecular flexibility index (Phi) is 7.60. The second-order valence-electron chi connectivity index (χ2n) is 9.86. The molecule has 0 heterocycles. The normalized spacial score (nSPS) is 10.7. The van der Waals surface area contributed by atoms with Crippen molar-refractivity contribution in [2.75, 3.05) is 9.80 Å². The second-order valence-corrected chi connectivity index (χ2v) is 9.86. The minimum Gasteiger partial charge on any atom is -0.310 e. The molecule has 0 aliphatic rings. The molecule has 6 rings (SSSR count). The number of hydrogen-bond acceptors (Lipinski definition) is 2. The van der Waals surface area contributed by atoms with Crippen LogP contribution < -0.4 is 9.80 Å². The Labute approximate surface area is 245 Å². The smallest absolute Gasteiger partial charge is 0.125 e. The maximum atomic E-state index is 14.2. The third-order valence-corrected chi connectivity index (χ3v) is 7.12. The standard InChI is InChI=1S/C38H28F2N2/c1-2-28-14-20-34(21-15-28)42(38-13-7-9-32(40)27-38)36-24-18-30(19-25-36)29-16-22-35(23-17-29)41(33-10-4-3-5-11-33)37-12-6-8-31(39)26-37/h2-27H,1H2. The van der Waals surface area contributed by atoms with Gasteiger partial charge >= 0.3 is 0 Å². The molecule has 0 amide bonds. The molecule has 0 aliphatic carbocycles. The zero-order valence-electron chi connectivity index (χ0n) is 22.9. The predicted octanol–water partition coefficient (Wildman–Crippen LogP) is 11.2. The second kappa shape index (κ2) is 11.9. The summed E-state index contributed by atoms with van der Waals surface area (Å²) in [4.78, 5) is 4.06. The van der Waals surface area contributed by atoms with Gasteiger partial charge in [-0.2, -0.15) is 0 Å². The van der Waals surface area contributed by atoms with Gasteiger partial charge in [-0.05, 0) is 102 Å². The van der Waals surface area contributed by atoms with Crippen molar-refractivity contribution in [3.63, 3.8) is 0 Å². The lowest BCUT2D eigenvalue weighted by Crippen LogP contribution is -2.10. The molecule has 42 heavy (non-hydrogen) atoms. The Morgan fingerprint density at radius 2 is 0.786 bits per heavy atom. The fourth-order valence-electron chi connectivity index (χ4n) is 5.07. The highest BCUT2D eigenvalue weighted by atomic mass is 19.1. The quantitative estimate of drug-likeness (QED) is 0.186. The fourth-order valence-corrected chi connectivity index (χ4v) is 5.07. The largest absolute Gasteiger partial charge is 0.310 e. The topological polar surface area (TPSA) is 6.48 Å². The molecule has 6 aromatic carbocycles. The van der Waals surface area contributed by atoms with Gasteiger partial charge in [0, 0.05) is 34.1 Å². The van der Waals surface area contributed by atoms with Gasteiger partial charge in [0.05, 0.1) is 0 Å². The van der Waals surface area contributed by atoms with Gasteiger partial charge in [-0.15, -0.1) is 0 Å². The van der Waals surface area contributed by atoms with Crippen molar-refractivity contribution < 1.29 is 8.78 Å². The molecule has 0 N–H and O–H groups in total. The Balaban J connectivity index is 1.32. The van der Waals surface area contributed by atoms with Gasteiger partial charge in [-0.1, -0.05) is 79.4 Å². The van der Waals surface area contributed by atoms with Crippen molar-refractivity contribution >= 4 is 40.2 Å². The van der Waals surface area contributed by atoms with Crippen molar-refractivity contribution in [1.82, 2.24) is 0 Å². The summed E-state index contributed by atoms with van der Waals surface area (Å²) in [7, 11) is 0. The molecule has 0 saturated carbocycles. The average Bonchev–Trinajstić information content (AvgIpc) is 3.03. The first-order valence-corrected chi connectivity index (χ1v) is 13.7. The average molecular weight is 551 g/mol.